The van der Waals surface area contributed by atoms with Crippen molar-refractivity contribution in [2.75, 3.05) is 32.8 Å². The van der Waals surface area contributed by atoms with Crippen LogP contribution in [0.5, 0.6) is 23.0 Å². The van der Waals surface area contributed by atoms with Crippen LogP contribution < -0.4 is 23.8 Å². The third-order valence-corrected chi connectivity index (χ3v) is 9.28. The molecule has 45 heavy (non-hydrogen) atoms. The predicted octanol–water partition coefficient (Wildman–Crippen LogP) is 6.66. The SMILES string of the molecule is CCCCOc1ccc(C(O)=C2C(=O)C(=O)N(c3nnc(SCc4ccccc4)s3)[C@@H]2c2cc(OC)c(OC)c(OC)c2)cc1. The standard InChI is InChI=1S/C33H33N3O7S2/c1-5-6-16-43-23-14-12-21(13-15-23)28(37)26-27(22-17-24(40-2)30(42-4)25(18-22)41-3)36(31(39)29(26)38)32-34-35-33(45-32)44-19-20-10-8-7-9-11-20/h7-15,17-18,27,37H,5-6,16,19H2,1-4H3/t27-/m1/s1. The van der Waals surface area contributed by atoms with Gasteiger partial charge in [-0.3, -0.25) is 14.5 Å². The van der Waals surface area contributed by atoms with E-state index in [1.807, 2.05) is 30.3 Å². The number of aliphatic hydroxyl groups excluding tert-OH is 1. The van der Waals surface area contributed by atoms with Crippen LogP contribution in [0.15, 0.2) is 76.6 Å². The first-order valence-corrected chi connectivity index (χ1v) is 16.0. The molecular formula is C33H33N3O7S2. The molecule has 1 aliphatic rings. The highest BCUT2D eigenvalue weighted by Gasteiger charge is 2.49. The zero-order valence-corrected chi connectivity index (χ0v) is 26.9. The molecule has 1 aromatic heterocycles. The van der Waals surface area contributed by atoms with Crippen LogP contribution in [0.4, 0.5) is 5.13 Å². The number of carbonyl (C=O) groups is 2. The molecule has 3 aromatic carbocycles. The molecule has 12 heteroatoms. The van der Waals surface area contributed by atoms with Crippen molar-refractivity contribution < 1.29 is 33.6 Å². The van der Waals surface area contributed by atoms with Gasteiger partial charge in [0.1, 0.15) is 11.5 Å². The second kappa shape index (κ2) is 14.5. The lowest BCUT2D eigenvalue weighted by molar-refractivity contribution is -0.132. The smallest absolute Gasteiger partial charge is 0.301 e. The van der Waals surface area contributed by atoms with Gasteiger partial charge in [0.2, 0.25) is 10.9 Å². The number of Topliss-reactive ketones (excluding diaryl/α,β-unsaturated/α-hetero) is 1. The minimum atomic E-state index is -1.07. The Labute approximate surface area is 269 Å². The number of aliphatic hydroxyl groups is 1. The number of methoxy groups -OCH3 is 3. The molecule has 10 nitrogen and oxygen atoms in total. The van der Waals surface area contributed by atoms with Gasteiger partial charge in [0, 0.05) is 11.3 Å². The molecular weight excluding hydrogens is 615 g/mol. The molecule has 0 spiro atoms. The van der Waals surface area contributed by atoms with E-state index in [0.717, 1.165) is 18.4 Å². The number of hydrogen-bond donors (Lipinski definition) is 1. The van der Waals surface area contributed by atoms with Crippen molar-refractivity contribution in [2.45, 2.75) is 35.9 Å². The molecule has 0 radical (unpaired) electrons. The highest BCUT2D eigenvalue weighted by molar-refractivity contribution is 8.00. The van der Waals surface area contributed by atoms with Crippen LogP contribution in [-0.4, -0.2) is 54.9 Å². The summed E-state index contributed by atoms with van der Waals surface area (Å²) in [6.07, 6.45) is 1.92. The van der Waals surface area contributed by atoms with Gasteiger partial charge in [-0.1, -0.05) is 66.8 Å². The summed E-state index contributed by atoms with van der Waals surface area (Å²) in [4.78, 5) is 28.7. The number of nitrogens with zero attached hydrogens (tertiary/aromatic N) is 3. The van der Waals surface area contributed by atoms with Crippen LogP contribution in [0, 0.1) is 0 Å². The maximum atomic E-state index is 13.7. The average Bonchev–Trinajstić information content (AvgIpc) is 3.65. The lowest BCUT2D eigenvalue weighted by Crippen LogP contribution is -2.29. The number of unbranched alkanes of at least 4 members (excludes halogenated alkanes) is 1. The molecule has 1 atom stereocenters. The van der Waals surface area contributed by atoms with Crippen molar-refractivity contribution in [2.24, 2.45) is 0 Å². The molecule has 0 aliphatic carbocycles. The lowest BCUT2D eigenvalue weighted by Gasteiger charge is -2.24. The Kier molecular flexibility index (Phi) is 10.3. The maximum absolute atomic E-state index is 13.7. The van der Waals surface area contributed by atoms with Crippen LogP contribution >= 0.6 is 23.1 Å². The molecule has 5 rings (SSSR count). The zero-order valence-electron chi connectivity index (χ0n) is 25.3. The minimum Gasteiger partial charge on any atom is -0.507 e. The molecule has 1 N–H and O–H groups in total. The van der Waals surface area contributed by atoms with Crippen molar-refractivity contribution >= 4 is 45.7 Å². The molecule has 2 heterocycles. The first-order chi connectivity index (χ1) is 21.9. The van der Waals surface area contributed by atoms with Crippen molar-refractivity contribution in [3.8, 4) is 23.0 Å². The largest absolute Gasteiger partial charge is 0.507 e. The Morgan fingerprint density at radius 2 is 1.64 bits per heavy atom. The summed E-state index contributed by atoms with van der Waals surface area (Å²) in [5.41, 5.74) is 1.80. The monoisotopic (exact) mass is 647 g/mol. The second-order valence-corrected chi connectivity index (χ2v) is 12.2. The molecule has 1 saturated heterocycles. The quantitative estimate of drug-likeness (QED) is 0.0421. The van der Waals surface area contributed by atoms with E-state index in [4.69, 9.17) is 18.9 Å². The van der Waals surface area contributed by atoms with Gasteiger partial charge in [0.25, 0.3) is 5.78 Å². The molecule has 1 aliphatic heterocycles. The number of aromatic nitrogens is 2. The third-order valence-electron chi connectivity index (χ3n) is 7.15. The van der Waals surface area contributed by atoms with Crippen LogP contribution in [0.3, 0.4) is 0 Å². The van der Waals surface area contributed by atoms with Crippen molar-refractivity contribution in [3.63, 3.8) is 0 Å². The van der Waals surface area contributed by atoms with Gasteiger partial charge in [0.05, 0.1) is 39.6 Å². The van der Waals surface area contributed by atoms with Crippen molar-refractivity contribution in [1.82, 2.24) is 10.2 Å². The van der Waals surface area contributed by atoms with Crippen LogP contribution in [0.25, 0.3) is 5.76 Å². The normalized spacial score (nSPS) is 15.7. The van der Waals surface area contributed by atoms with Gasteiger partial charge in [-0.05, 0) is 53.9 Å². The molecule has 0 unspecified atom stereocenters. The molecule has 1 amide bonds. The Morgan fingerprint density at radius 1 is 0.956 bits per heavy atom. The Hall–Kier alpha value is -4.55. The van der Waals surface area contributed by atoms with Crippen LogP contribution in [0.2, 0.25) is 0 Å². The summed E-state index contributed by atoms with van der Waals surface area (Å²) < 4.78 is 23.0. The summed E-state index contributed by atoms with van der Waals surface area (Å²) in [6, 6.07) is 18.9. The number of ether oxygens (including phenoxy) is 4. The lowest BCUT2D eigenvalue weighted by atomic mass is 9.94. The molecule has 1 fully saturated rings. The number of rotatable bonds is 13. The van der Waals surface area contributed by atoms with E-state index in [0.29, 0.717) is 50.8 Å². The summed E-state index contributed by atoms with van der Waals surface area (Å²) in [5.74, 6) is 0.241. The van der Waals surface area contributed by atoms with E-state index in [9.17, 15) is 14.7 Å². The first kappa shape index (κ1) is 31.9. The highest BCUT2D eigenvalue weighted by atomic mass is 32.2. The Morgan fingerprint density at radius 3 is 2.27 bits per heavy atom. The average molecular weight is 648 g/mol. The number of hydrogen-bond acceptors (Lipinski definition) is 11. The zero-order chi connectivity index (χ0) is 31.9. The number of thioether (sulfide) groups is 1. The molecule has 0 bridgehead atoms. The third kappa shape index (κ3) is 6.76. The van der Waals surface area contributed by atoms with Gasteiger partial charge in [0.15, 0.2) is 15.8 Å². The number of benzene rings is 3. The van der Waals surface area contributed by atoms with Gasteiger partial charge in [-0.25, -0.2) is 0 Å². The van der Waals surface area contributed by atoms with E-state index >= 15 is 0 Å². The number of carbonyl (C=O) groups excluding carboxylic acids is 2. The van der Waals surface area contributed by atoms with Crippen LogP contribution in [-0.2, 0) is 15.3 Å². The van der Waals surface area contributed by atoms with E-state index < -0.39 is 17.7 Å². The van der Waals surface area contributed by atoms with Gasteiger partial charge in [-0.15, -0.1) is 10.2 Å². The Bertz CT molecular complexity index is 1670. The summed E-state index contributed by atoms with van der Waals surface area (Å²) in [5, 5.41) is 20.4. The molecule has 0 saturated carbocycles. The van der Waals surface area contributed by atoms with Crippen LogP contribution in [0.1, 0.15) is 42.5 Å². The van der Waals surface area contributed by atoms with Gasteiger partial charge in [-0.2, -0.15) is 0 Å². The summed E-state index contributed by atoms with van der Waals surface area (Å²) in [7, 11) is 4.43. The van der Waals surface area contributed by atoms with Gasteiger partial charge >= 0.3 is 5.91 Å². The minimum absolute atomic E-state index is 0.109. The maximum Gasteiger partial charge on any atom is 0.301 e. The number of ketones is 1. The van der Waals surface area contributed by atoms with Gasteiger partial charge < -0.3 is 24.1 Å². The highest BCUT2D eigenvalue weighted by Crippen LogP contribution is 2.48. The molecule has 4 aromatic rings. The predicted molar refractivity (Wildman–Crippen MR) is 174 cm³/mol. The van der Waals surface area contributed by atoms with Crippen molar-refractivity contribution in [1.29, 1.82) is 0 Å². The number of amides is 1. The number of anilines is 1. The van der Waals surface area contributed by atoms with E-state index in [1.54, 1.807) is 36.4 Å². The van der Waals surface area contributed by atoms with E-state index in [1.165, 1.54) is 49.3 Å². The fourth-order valence-corrected chi connectivity index (χ4v) is 6.70. The fourth-order valence-electron chi connectivity index (χ4n) is 4.88. The Balaban J connectivity index is 1.58. The topological polar surface area (TPSA) is 120 Å². The van der Waals surface area contributed by atoms with E-state index in [2.05, 4.69) is 17.1 Å². The summed E-state index contributed by atoms with van der Waals surface area (Å²) in [6.45, 7) is 2.65. The van der Waals surface area contributed by atoms with Crippen molar-refractivity contribution in [3.05, 3.63) is 89.0 Å². The first-order valence-electron chi connectivity index (χ1n) is 14.2. The summed E-state index contributed by atoms with van der Waals surface area (Å²) >= 11 is 2.66. The van der Waals surface area contributed by atoms with E-state index in [-0.39, 0.29) is 16.5 Å². The fraction of sp³-hybridized carbons (Fsp3) is 0.273. The molecule has 234 valence electrons. The second-order valence-electron chi connectivity index (χ2n) is 9.98.